The largest absolute Gasteiger partial charge is 0.480 e. The molecular weight excluding hydrogens is 196 g/mol. The van der Waals surface area contributed by atoms with Crippen molar-refractivity contribution in [2.75, 3.05) is 6.54 Å². The van der Waals surface area contributed by atoms with E-state index < -0.39 is 17.6 Å². The van der Waals surface area contributed by atoms with Gasteiger partial charge in [-0.05, 0) is 27.2 Å². The van der Waals surface area contributed by atoms with E-state index in [1.54, 1.807) is 27.7 Å². The molecule has 5 nitrogen and oxygen atoms in total. The number of carbonyl (C=O) groups is 2. The molecule has 0 aliphatic carbocycles. The normalized spacial score (nSPS) is 13.4. The molecule has 0 unspecified atom stereocenters. The molecule has 0 saturated heterocycles. The van der Waals surface area contributed by atoms with Crippen LogP contribution in [0.15, 0.2) is 0 Å². The van der Waals surface area contributed by atoms with Crippen LogP contribution in [0.3, 0.4) is 0 Å². The molecule has 0 aromatic rings. The minimum absolute atomic E-state index is 0.309. The molecule has 88 valence electrons. The summed E-state index contributed by atoms with van der Waals surface area (Å²) in [6.45, 7) is 6.85. The highest BCUT2D eigenvalue weighted by Crippen LogP contribution is 2.14. The van der Waals surface area contributed by atoms with E-state index in [2.05, 4.69) is 0 Å². The van der Waals surface area contributed by atoms with Gasteiger partial charge in [0.1, 0.15) is 6.54 Å². The van der Waals surface area contributed by atoms with Crippen LogP contribution in [0.25, 0.3) is 0 Å². The van der Waals surface area contributed by atoms with Crippen LogP contribution in [0.1, 0.15) is 34.1 Å². The van der Waals surface area contributed by atoms with Gasteiger partial charge in [0, 0.05) is 5.54 Å². The van der Waals surface area contributed by atoms with Gasteiger partial charge in [0.2, 0.25) is 5.91 Å². The number of carbonyl (C=O) groups excluding carboxylic acids is 1. The van der Waals surface area contributed by atoms with Gasteiger partial charge in [-0.15, -0.1) is 0 Å². The van der Waals surface area contributed by atoms with Crippen molar-refractivity contribution in [2.45, 2.75) is 45.7 Å². The average Bonchev–Trinajstić information content (AvgIpc) is 2.09. The molecule has 0 heterocycles. The molecule has 0 rings (SSSR count). The highest BCUT2D eigenvalue weighted by molar-refractivity contribution is 5.85. The van der Waals surface area contributed by atoms with Crippen LogP contribution in [-0.2, 0) is 9.59 Å². The maximum Gasteiger partial charge on any atom is 0.323 e. The number of nitrogens with zero attached hydrogens (tertiary/aromatic N) is 1. The molecule has 1 atom stereocenters. The van der Waals surface area contributed by atoms with Crippen molar-refractivity contribution in [3.8, 4) is 0 Å². The van der Waals surface area contributed by atoms with Crippen molar-refractivity contribution in [3.63, 3.8) is 0 Å². The number of nitrogens with two attached hydrogens (primary N) is 1. The molecule has 0 spiro atoms. The zero-order valence-electron chi connectivity index (χ0n) is 9.78. The zero-order valence-corrected chi connectivity index (χ0v) is 9.78. The Morgan fingerprint density at radius 2 is 1.87 bits per heavy atom. The van der Waals surface area contributed by atoms with Gasteiger partial charge in [-0.1, -0.05) is 6.92 Å². The van der Waals surface area contributed by atoms with E-state index in [1.165, 1.54) is 4.90 Å². The summed E-state index contributed by atoms with van der Waals surface area (Å²) in [5, 5.41) is 8.72. The van der Waals surface area contributed by atoms with Gasteiger partial charge in [-0.25, -0.2) is 0 Å². The van der Waals surface area contributed by atoms with E-state index in [0.29, 0.717) is 6.42 Å². The van der Waals surface area contributed by atoms with Gasteiger partial charge < -0.3 is 15.7 Å². The second-order valence-electron chi connectivity index (χ2n) is 4.50. The Morgan fingerprint density at radius 3 is 2.13 bits per heavy atom. The third-order valence-corrected chi connectivity index (χ3v) is 2.13. The molecule has 0 fully saturated rings. The Morgan fingerprint density at radius 1 is 1.40 bits per heavy atom. The summed E-state index contributed by atoms with van der Waals surface area (Å²) >= 11 is 0. The van der Waals surface area contributed by atoms with Gasteiger partial charge in [-0.2, -0.15) is 0 Å². The minimum atomic E-state index is -1.03. The summed E-state index contributed by atoms with van der Waals surface area (Å²) < 4.78 is 0. The monoisotopic (exact) mass is 216 g/mol. The van der Waals surface area contributed by atoms with E-state index >= 15 is 0 Å². The van der Waals surface area contributed by atoms with Crippen LogP contribution in [0.4, 0.5) is 0 Å². The fraction of sp³-hybridized carbons (Fsp3) is 0.800. The Hall–Kier alpha value is -1.10. The van der Waals surface area contributed by atoms with Gasteiger partial charge >= 0.3 is 5.97 Å². The molecule has 15 heavy (non-hydrogen) atoms. The zero-order chi connectivity index (χ0) is 12.2. The number of hydrogen-bond donors (Lipinski definition) is 2. The van der Waals surface area contributed by atoms with Crippen molar-refractivity contribution in [1.29, 1.82) is 0 Å². The smallest absolute Gasteiger partial charge is 0.323 e. The highest BCUT2D eigenvalue weighted by Gasteiger charge is 2.30. The lowest BCUT2D eigenvalue weighted by Gasteiger charge is -2.35. The third-order valence-electron chi connectivity index (χ3n) is 2.13. The van der Waals surface area contributed by atoms with Crippen LogP contribution in [0.5, 0.6) is 0 Å². The first-order chi connectivity index (χ1) is 6.70. The highest BCUT2D eigenvalue weighted by atomic mass is 16.4. The van der Waals surface area contributed by atoms with E-state index in [9.17, 15) is 9.59 Å². The Kier molecular flexibility index (Phi) is 4.74. The number of carboxylic acid groups (broad SMARTS) is 1. The van der Waals surface area contributed by atoms with Gasteiger partial charge in [0.05, 0.1) is 6.04 Å². The Balaban J connectivity index is 4.79. The van der Waals surface area contributed by atoms with Crippen LogP contribution in [0.2, 0.25) is 0 Å². The molecule has 0 aliphatic rings. The Bertz CT molecular complexity index is 246. The SMILES string of the molecule is CC[C@@H](N)C(=O)N(CC(=O)O)C(C)(C)C. The van der Waals surface area contributed by atoms with Crippen molar-refractivity contribution in [2.24, 2.45) is 5.73 Å². The fourth-order valence-corrected chi connectivity index (χ4v) is 1.16. The van der Waals surface area contributed by atoms with Gasteiger partial charge in [0.25, 0.3) is 0 Å². The summed E-state index contributed by atoms with van der Waals surface area (Å²) in [5.74, 6) is -1.34. The summed E-state index contributed by atoms with van der Waals surface area (Å²) in [7, 11) is 0. The van der Waals surface area contributed by atoms with Crippen molar-refractivity contribution >= 4 is 11.9 Å². The topological polar surface area (TPSA) is 83.6 Å². The molecule has 0 saturated carbocycles. The third kappa shape index (κ3) is 4.29. The summed E-state index contributed by atoms with van der Waals surface area (Å²) in [5.41, 5.74) is 5.08. The predicted octanol–water partition coefficient (Wildman–Crippen LogP) is 0.435. The van der Waals surface area contributed by atoms with Gasteiger partial charge in [-0.3, -0.25) is 9.59 Å². The van der Waals surface area contributed by atoms with Crippen molar-refractivity contribution in [1.82, 2.24) is 4.90 Å². The molecule has 0 bridgehead atoms. The van der Waals surface area contributed by atoms with Crippen LogP contribution in [-0.4, -0.2) is 40.0 Å². The van der Waals surface area contributed by atoms with E-state index in [-0.39, 0.29) is 12.5 Å². The number of aliphatic carboxylic acids is 1. The lowest BCUT2D eigenvalue weighted by molar-refractivity contribution is -0.149. The molecule has 5 heteroatoms. The molecule has 0 aromatic carbocycles. The van der Waals surface area contributed by atoms with Crippen LogP contribution < -0.4 is 5.73 Å². The first-order valence-corrected chi connectivity index (χ1v) is 4.99. The first-order valence-electron chi connectivity index (χ1n) is 4.99. The van der Waals surface area contributed by atoms with Crippen LogP contribution in [0, 0.1) is 0 Å². The van der Waals surface area contributed by atoms with E-state index in [4.69, 9.17) is 10.8 Å². The van der Waals surface area contributed by atoms with Crippen molar-refractivity contribution in [3.05, 3.63) is 0 Å². The quantitative estimate of drug-likeness (QED) is 0.714. The average molecular weight is 216 g/mol. The maximum absolute atomic E-state index is 11.8. The Labute approximate surface area is 90.2 Å². The lowest BCUT2D eigenvalue weighted by Crippen LogP contribution is -2.53. The number of hydrogen-bond acceptors (Lipinski definition) is 3. The number of amides is 1. The van der Waals surface area contributed by atoms with Crippen LogP contribution >= 0.6 is 0 Å². The molecule has 0 aliphatic heterocycles. The number of carboxylic acids is 1. The minimum Gasteiger partial charge on any atom is -0.480 e. The predicted molar refractivity (Wildman–Crippen MR) is 57.4 cm³/mol. The van der Waals surface area contributed by atoms with E-state index in [0.717, 1.165) is 0 Å². The summed E-state index contributed by atoms with van der Waals surface area (Å²) in [6.07, 6.45) is 0.505. The lowest BCUT2D eigenvalue weighted by atomic mass is 10.0. The molecule has 3 N–H and O–H groups in total. The standard InChI is InChI=1S/C10H20N2O3/c1-5-7(11)9(15)12(6-8(13)14)10(2,3)4/h7H,5-6,11H2,1-4H3,(H,13,14)/t7-/m1/s1. The van der Waals surface area contributed by atoms with Gasteiger partial charge in [0.15, 0.2) is 0 Å². The molecule has 0 radical (unpaired) electrons. The van der Waals surface area contributed by atoms with E-state index in [1.807, 2.05) is 0 Å². The number of rotatable bonds is 4. The maximum atomic E-state index is 11.8. The second-order valence-corrected chi connectivity index (χ2v) is 4.50. The molecule has 1 amide bonds. The summed E-state index contributed by atoms with van der Waals surface area (Å²) in [4.78, 5) is 23.7. The second kappa shape index (κ2) is 5.11. The summed E-state index contributed by atoms with van der Waals surface area (Å²) in [6, 6.07) is -0.622. The molecule has 0 aromatic heterocycles. The van der Waals surface area contributed by atoms with Crippen molar-refractivity contribution < 1.29 is 14.7 Å². The first kappa shape index (κ1) is 13.9. The molecular formula is C10H20N2O3. The fourth-order valence-electron chi connectivity index (χ4n) is 1.16.